The molecular formula is C11H12BrClN4O2S. The normalized spacial score (nSPS) is 11.8. The first-order valence-corrected chi connectivity index (χ1v) is 8.47. The van der Waals surface area contributed by atoms with E-state index in [-0.39, 0.29) is 5.16 Å². The zero-order chi connectivity index (χ0) is 14.9. The van der Waals surface area contributed by atoms with E-state index in [0.29, 0.717) is 27.4 Å². The number of hydrogen-bond donors (Lipinski definition) is 1. The highest BCUT2D eigenvalue weighted by molar-refractivity contribution is 9.10. The van der Waals surface area contributed by atoms with Gasteiger partial charge in [0.25, 0.3) is 15.2 Å². The number of hydrogen-bond acceptors (Lipinski definition) is 4. The maximum Gasteiger partial charge on any atom is 0.273 e. The molecule has 1 heterocycles. The molecule has 2 N–H and O–H groups in total. The number of rotatable bonds is 4. The highest BCUT2D eigenvalue weighted by atomic mass is 79.9. The predicted octanol–water partition coefficient (Wildman–Crippen LogP) is 2.42. The Balaban J connectivity index is 2.62. The highest BCUT2D eigenvalue weighted by Crippen LogP contribution is 2.28. The number of benzene rings is 1. The first-order valence-electron chi connectivity index (χ1n) is 5.76. The number of primary sulfonamides is 1. The van der Waals surface area contributed by atoms with Crippen LogP contribution < -0.4 is 5.14 Å². The van der Waals surface area contributed by atoms with E-state index in [1.54, 1.807) is 18.2 Å². The standard InChI is InChI=1S/C11H12BrClN4O2S/c1-2-5-17-10(15-16-11(17)20(14,18)19)7-3-4-9(13)8(12)6-7/h3-4,6H,2,5H2,1H3,(H2,14,18,19). The van der Waals surface area contributed by atoms with Crippen LogP contribution in [0.3, 0.4) is 0 Å². The molecule has 0 spiro atoms. The largest absolute Gasteiger partial charge is 0.297 e. The summed E-state index contributed by atoms with van der Waals surface area (Å²) in [5, 5.41) is 13.1. The van der Waals surface area contributed by atoms with Crippen molar-refractivity contribution in [2.24, 2.45) is 5.14 Å². The summed E-state index contributed by atoms with van der Waals surface area (Å²) in [4.78, 5) is 0. The Morgan fingerprint density at radius 2 is 2.10 bits per heavy atom. The van der Waals surface area contributed by atoms with Crippen LogP contribution in [0.4, 0.5) is 0 Å². The van der Waals surface area contributed by atoms with Crippen LogP contribution in [0.2, 0.25) is 5.02 Å². The van der Waals surface area contributed by atoms with Gasteiger partial charge in [-0.05, 0) is 40.5 Å². The third-order valence-corrected chi connectivity index (χ3v) is 4.62. The number of nitrogens with two attached hydrogens (primary N) is 1. The zero-order valence-corrected chi connectivity index (χ0v) is 13.7. The maximum atomic E-state index is 11.5. The van der Waals surface area contributed by atoms with Gasteiger partial charge in [-0.25, -0.2) is 13.6 Å². The van der Waals surface area contributed by atoms with Crippen LogP contribution in [0.25, 0.3) is 11.4 Å². The van der Waals surface area contributed by atoms with Crippen molar-refractivity contribution in [3.8, 4) is 11.4 Å². The lowest BCUT2D eigenvalue weighted by atomic mass is 10.2. The van der Waals surface area contributed by atoms with Crippen LogP contribution in [0.1, 0.15) is 13.3 Å². The fourth-order valence-corrected chi connectivity index (χ4v) is 2.91. The molecule has 1 aromatic heterocycles. The van der Waals surface area contributed by atoms with Gasteiger partial charge in [0.1, 0.15) is 0 Å². The van der Waals surface area contributed by atoms with Crippen molar-refractivity contribution in [2.75, 3.05) is 0 Å². The lowest BCUT2D eigenvalue weighted by molar-refractivity contribution is 0.559. The number of sulfonamides is 1. The van der Waals surface area contributed by atoms with E-state index in [9.17, 15) is 8.42 Å². The molecular weight excluding hydrogens is 368 g/mol. The van der Waals surface area contributed by atoms with Crippen LogP contribution in [-0.4, -0.2) is 23.2 Å². The molecule has 0 aliphatic rings. The summed E-state index contributed by atoms with van der Waals surface area (Å²) in [5.74, 6) is 0.438. The van der Waals surface area contributed by atoms with Crippen LogP contribution in [0.5, 0.6) is 0 Å². The smallest absolute Gasteiger partial charge is 0.273 e. The van der Waals surface area contributed by atoms with Gasteiger partial charge in [0.05, 0.1) is 5.02 Å². The molecule has 2 rings (SSSR count). The van der Waals surface area contributed by atoms with Gasteiger partial charge >= 0.3 is 0 Å². The maximum absolute atomic E-state index is 11.5. The van der Waals surface area contributed by atoms with E-state index in [1.807, 2.05) is 6.92 Å². The average Bonchev–Trinajstić information content (AvgIpc) is 2.77. The Kier molecular flexibility index (Phi) is 4.48. The van der Waals surface area contributed by atoms with Crippen LogP contribution in [0, 0.1) is 0 Å². The van der Waals surface area contributed by atoms with Crippen molar-refractivity contribution >= 4 is 37.6 Å². The molecule has 9 heteroatoms. The van der Waals surface area contributed by atoms with Gasteiger partial charge in [-0.3, -0.25) is 4.57 Å². The summed E-state index contributed by atoms with van der Waals surface area (Å²) in [5.41, 5.74) is 0.706. The minimum Gasteiger partial charge on any atom is -0.297 e. The zero-order valence-electron chi connectivity index (χ0n) is 10.5. The Morgan fingerprint density at radius 1 is 1.40 bits per heavy atom. The molecule has 6 nitrogen and oxygen atoms in total. The van der Waals surface area contributed by atoms with E-state index in [2.05, 4.69) is 26.1 Å². The quantitative estimate of drug-likeness (QED) is 0.883. The minimum atomic E-state index is -3.91. The van der Waals surface area contributed by atoms with Crippen LogP contribution >= 0.6 is 27.5 Å². The Bertz CT molecular complexity index is 745. The molecule has 2 aromatic rings. The van der Waals surface area contributed by atoms with Gasteiger partial charge in [-0.2, -0.15) is 0 Å². The van der Waals surface area contributed by atoms with E-state index in [1.165, 1.54) is 4.57 Å². The summed E-state index contributed by atoms with van der Waals surface area (Å²) in [6.45, 7) is 2.38. The highest BCUT2D eigenvalue weighted by Gasteiger charge is 2.21. The first kappa shape index (κ1) is 15.4. The fraction of sp³-hybridized carbons (Fsp3) is 0.273. The lowest BCUT2D eigenvalue weighted by Gasteiger charge is -2.08. The van der Waals surface area contributed by atoms with E-state index in [4.69, 9.17) is 16.7 Å². The van der Waals surface area contributed by atoms with Gasteiger partial charge in [0.2, 0.25) is 0 Å². The molecule has 20 heavy (non-hydrogen) atoms. The first-order chi connectivity index (χ1) is 9.34. The molecule has 1 aromatic carbocycles. The van der Waals surface area contributed by atoms with E-state index >= 15 is 0 Å². The Labute approximate surface area is 130 Å². The molecule has 108 valence electrons. The Morgan fingerprint density at radius 3 is 2.65 bits per heavy atom. The van der Waals surface area contributed by atoms with Crippen molar-refractivity contribution in [1.82, 2.24) is 14.8 Å². The predicted molar refractivity (Wildman–Crippen MR) is 79.8 cm³/mol. The van der Waals surface area contributed by atoms with Crippen LogP contribution in [0.15, 0.2) is 27.8 Å². The molecule has 0 fully saturated rings. The summed E-state index contributed by atoms with van der Waals surface area (Å²) in [7, 11) is -3.91. The topological polar surface area (TPSA) is 90.9 Å². The SMILES string of the molecule is CCCn1c(-c2ccc(Cl)c(Br)c2)nnc1S(N)(=O)=O. The minimum absolute atomic E-state index is 0.236. The number of aromatic nitrogens is 3. The molecule has 0 unspecified atom stereocenters. The summed E-state index contributed by atoms with van der Waals surface area (Å²) < 4.78 is 25.2. The summed E-state index contributed by atoms with van der Waals surface area (Å²) >= 11 is 9.26. The lowest BCUT2D eigenvalue weighted by Crippen LogP contribution is -2.19. The molecule has 0 atom stereocenters. The van der Waals surface area contributed by atoms with Gasteiger partial charge in [-0.1, -0.05) is 18.5 Å². The van der Waals surface area contributed by atoms with Gasteiger partial charge in [0.15, 0.2) is 5.82 Å². The molecule has 0 saturated heterocycles. The van der Waals surface area contributed by atoms with Crippen LogP contribution in [-0.2, 0) is 16.6 Å². The Hall–Kier alpha value is -0.960. The van der Waals surface area contributed by atoms with Crippen molar-refractivity contribution < 1.29 is 8.42 Å². The second-order valence-electron chi connectivity index (χ2n) is 4.13. The van der Waals surface area contributed by atoms with Crippen molar-refractivity contribution in [2.45, 2.75) is 25.0 Å². The van der Waals surface area contributed by atoms with Crippen molar-refractivity contribution in [3.05, 3.63) is 27.7 Å². The summed E-state index contributed by atoms with van der Waals surface area (Å²) in [6.07, 6.45) is 0.725. The van der Waals surface area contributed by atoms with Crippen molar-refractivity contribution in [3.63, 3.8) is 0 Å². The molecule has 0 bridgehead atoms. The monoisotopic (exact) mass is 378 g/mol. The summed E-state index contributed by atoms with van der Waals surface area (Å²) in [6, 6.07) is 5.20. The second kappa shape index (κ2) is 5.80. The number of halogens is 2. The third-order valence-electron chi connectivity index (χ3n) is 2.60. The van der Waals surface area contributed by atoms with E-state index < -0.39 is 10.0 Å². The number of nitrogens with zero attached hydrogens (tertiary/aromatic N) is 3. The third kappa shape index (κ3) is 3.03. The fourth-order valence-electron chi connectivity index (χ4n) is 1.77. The molecule has 0 amide bonds. The molecule has 0 aliphatic heterocycles. The molecule has 0 saturated carbocycles. The molecule has 0 radical (unpaired) electrons. The van der Waals surface area contributed by atoms with E-state index in [0.717, 1.165) is 6.42 Å². The average molecular weight is 380 g/mol. The van der Waals surface area contributed by atoms with Crippen molar-refractivity contribution in [1.29, 1.82) is 0 Å². The molecule has 0 aliphatic carbocycles. The van der Waals surface area contributed by atoms with Gasteiger partial charge in [-0.15, -0.1) is 10.2 Å². The van der Waals surface area contributed by atoms with Gasteiger partial charge in [0, 0.05) is 16.6 Å². The second-order valence-corrected chi connectivity index (χ2v) is 6.85. The van der Waals surface area contributed by atoms with Gasteiger partial charge < -0.3 is 0 Å².